The molecule has 11 nitrogen and oxygen atoms in total. The molecular weight excluding hydrogens is 445 g/mol. The highest BCUT2D eigenvalue weighted by Gasteiger charge is 2.38. The third-order valence-electron chi connectivity index (χ3n) is 4.60. The van der Waals surface area contributed by atoms with Gasteiger partial charge in [0.1, 0.15) is 5.82 Å². The maximum Gasteiger partial charge on any atom is 0.490 e. The van der Waals surface area contributed by atoms with Crippen molar-refractivity contribution in [2.45, 2.75) is 26.2 Å². The fourth-order valence-corrected chi connectivity index (χ4v) is 2.99. The molecule has 1 fully saturated rings. The van der Waals surface area contributed by atoms with Gasteiger partial charge in [-0.05, 0) is 6.92 Å². The van der Waals surface area contributed by atoms with E-state index in [1.807, 2.05) is 10.6 Å². The standard InChI is InChI=1S/C17H22N8O.C2HF3O2/c1-3-4-9-25-14-15(22-17(25)24-10-7-19-8-11-24)21-13(12-20-6-5-18)23(2)16(14)26;3-2(4,5)1(6)7/h19-20H,6-12H2,1-2H3;(H,6,7). The molecule has 0 unspecified atom stereocenters. The first kappa shape index (κ1) is 25.6. The average Bonchev–Trinajstić information content (AvgIpc) is 3.14. The van der Waals surface area contributed by atoms with Gasteiger partial charge in [0.05, 0.1) is 25.7 Å². The van der Waals surface area contributed by atoms with Crippen molar-refractivity contribution in [2.24, 2.45) is 7.05 Å². The molecule has 2 aromatic rings. The van der Waals surface area contributed by atoms with Crippen molar-refractivity contribution in [1.82, 2.24) is 29.7 Å². The lowest BCUT2D eigenvalue weighted by molar-refractivity contribution is -0.192. The van der Waals surface area contributed by atoms with E-state index >= 15 is 0 Å². The number of carboxylic acids is 1. The van der Waals surface area contributed by atoms with Gasteiger partial charge >= 0.3 is 12.1 Å². The Bertz CT molecular complexity index is 1150. The highest BCUT2D eigenvalue weighted by atomic mass is 19.4. The van der Waals surface area contributed by atoms with E-state index in [1.54, 1.807) is 14.0 Å². The summed E-state index contributed by atoms with van der Waals surface area (Å²) in [6.07, 6.45) is -5.08. The molecule has 0 atom stereocenters. The number of carbonyl (C=O) groups is 1. The average molecular weight is 468 g/mol. The van der Waals surface area contributed by atoms with Crippen molar-refractivity contribution in [3.05, 3.63) is 16.2 Å². The van der Waals surface area contributed by atoms with Crippen molar-refractivity contribution in [2.75, 3.05) is 37.6 Å². The molecule has 3 heterocycles. The van der Waals surface area contributed by atoms with Gasteiger partial charge in [-0.15, -0.1) is 5.92 Å². The lowest BCUT2D eigenvalue weighted by Gasteiger charge is -2.28. The van der Waals surface area contributed by atoms with Crippen LogP contribution in [0.5, 0.6) is 0 Å². The molecule has 1 aliphatic rings. The molecule has 0 aromatic carbocycles. The Labute approximate surface area is 186 Å². The number of aliphatic carboxylic acids is 1. The smallest absolute Gasteiger partial charge is 0.475 e. The summed E-state index contributed by atoms with van der Waals surface area (Å²) >= 11 is 0. The summed E-state index contributed by atoms with van der Waals surface area (Å²) in [4.78, 5) is 33.2. The number of anilines is 1. The van der Waals surface area contributed by atoms with Crippen LogP contribution >= 0.6 is 0 Å². The molecule has 1 aliphatic heterocycles. The minimum absolute atomic E-state index is 0.157. The summed E-state index contributed by atoms with van der Waals surface area (Å²) in [6, 6.07) is 2.01. The second kappa shape index (κ2) is 11.3. The summed E-state index contributed by atoms with van der Waals surface area (Å²) in [5.74, 6) is 4.44. The molecule has 0 radical (unpaired) electrons. The van der Waals surface area contributed by atoms with Crippen LogP contribution < -0.4 is 21.1 Å². The summed E-state index contributed by atoms with van der Waals surface area (Å²) in [5.41, 5.74) is 0.733. The Hall–Kier alpha value is -3.62. The third-order valence-corrected chi connectivity index (χ3v) is 4.60. The normalized spacial score (nSPS) is 13.5. The van der Waals surface area contributed by atoms with E-state index < -0.39 is 12.1 Å². The number of nitrogens with zero attached hydrogens (tertiary/aromatic N) is 6. The summed E-state index contributed by atoms with van der Waals surface area (Å²) in [5, 5.41) is 22.1. The van der Waals surface area contributed by atoms with Gasteiger partial charge in [-0.3, -0.25) is 19.2 Å². The molecule has 0 aliphatic carbocycles. The Morgan fingerprint density at radius 2 is 1.94 bits per heavy atom. The minimum atomic E-state index is -5.08. The van der Waals surface area contributed by atoms with E-state index in [4.69, 9.17) is 15.2 Å². The molecule has 0 saturated carbocycles. The maximum absolute atomic E-state index is 13.0. The number of carboxylic acid groups (broad SMARTS) is 1. The van der Waals surface area contributed by atoms with E-state index in [0.717, 1.165) is 32.1 Å². The lowest BCUT2D eigenvalue weighted by Crippen LogP contribution is -2.44. The van der Waals surface area contributed by atoms with Crippen LogP contribution in [-0.2, 0) is 24.9 Å². The second-order valence-corrected chi connectivity index (χ2v) is 6.79. The van der Waals surface area contributed by atoms with E-state index in [1.165, 1.54) is 4.57 Å². The molecular formula is C19H23F3N8O3. The van der Waals surface area contributed by atoms with Gasteiger partial charge in [-0.2, -0.15) is 23.4 Å². The second-order valence-electron chi connectivity index (χ2n) is 6.79. The number of piperazine rings is 1. The molecule has 3 rings (SSSR count). The summed E-state index contributed by atoms with van der Waals surface area (Å²) in [7, 11) is 1.69. The predicted molar refractivity (Wildman–Crippen MR) is 112 cm³/mol. The van der Waals surface area contributed by atoms with Gasteiger partial charge in [0.15, 0.2) is 11.2 Å². The number of fused-ring (bicyclic) bond motifs is 1. The molecule has 0 amide bonds. The molecule has 3 N–H and O–H groups in total. The van der Waals surface area contributed by atoms with Gasteiger partial charge < -0.3 is 15.3 Å². The van der Waals surface area contributed by atoms with E-state index in [-0.39, 0.29) is 12.1 Å². The molecule has 0 spiro atoms. The first-order valence-electron chi connectivity index (χ1n) is 9.81. The number of imidazole rings is 1. The number of aromatic nitrogens is 4. The topological polar surface area (TPSA) is 141 Å². The van der Waals surface area contributed by atoms with Crippen LogP contribution in [0.25, 0.3) is 11.2 Å². The Morgan fingerprint density at radius 3 is 2.48 bits per heavy atom. The van der Waals surface area contributed by atoms with Crippen molar-refractivity contribution < 1.29 is 23.1 Å². The number of hydrogen-bond donors (Lipinski definition) is 3. The molecule has 0 bridgehead atoms. The minimum Gasteiger partial charge on any atom is -0.475 e. The third kappa shape index (κ3) is 6.44. The van der Waals surface area contributed by atoms with E-state index in [0.29, 0.717) is 30.1 Å². The fraction of sp³-hybridized carbons (Fsp3) is 0.526. The quantitative estimate of drug-likeness (QED) is 0.309. The number of rotatable bonds is 5. The van der Waals surface area contributed by atoms with Gasteiger partial charge in [0, 0.05) is 33.2 Å². The molecule has 33 heavy (non-hydrogen) atoms. The monoisotopic (exact) mass is 468 g/mol. The number of nitriles is 1. The zero-order valence-corrected chi connectivity index (χ0v) is 18.0. The number of alkyl halides is 3. The Morgan fingerprint density at radius 1 is 1.30 bits per heavy atom. The largest absolute Gasteiger partial charge is 0.490 e. The van der Waals surface area contributed by atoms with Crippen molar-refractivity contribution in [1.29, 1.82) is 5.26 Å². The van der Waals surface area contributed by atoms with E-state index in [2.05, 4.69) is 37.3 Å². The first-order valence-corrected chi connectivity index (χ1v) is 9.81. The van der Waals surface area contributed by atoms with Gasteiger partial charge in [-0.1, -0.05) is 5.92 Å². The van der Waals surface area contributed by atoms with Gasteiger partial charge in [0.25, 0.3) is 5.56 Å². The molecule has 2 aromatic heterocycles. The van der Waals surface area contributed by atoms with Crippen LogP contribution in [-0.4, -0.2) is 69.1 Å². The van der Waals surface area contributed by atoms with Crippen molar-refractivity contribution in [3.63, 3.8) is 0 Å². The van der Waals surface area contributed by atoms with E-state index in [9.17, 15) is 18.0 Å². The highest BCUT2D eigenvalue weighted by Crippen LogP contribution is 2.20. The van der Waals surface area contributed by atoms with Crippen molar-refractivity contribution in [3.8, 4) is 17.9 Å². The van der Waals surface area contributed by atoms with Crippen LogP contribution in [0.1, 0.15) is 12.7 Å². The van der Waals surface area contributed by atoms with Gasteiger partial charge in [0.2, 0.25) is 5.95 Å². The number of hydrogen-bond acceptors (Lipinski definition) is 8. The zero-order chi connectivity index (χ0) is 24.6. The number of nitrogens with one attached hydrogen (secondary N) is 2. The molecule has 1 saturated heterocycles. The molecule has 14 heteroatoms. The van der Waals surface area contributed by atoms with Crippen LogP contribution in [0, 0.1) is 23.2 Å². The highest BCUT2D eigenvalue weighted by molar-refractivity contribution is 5.74. The van der Waals surface area contributed by atoms with Crippen LogP contribution in [0.4, 0.5) is 19.1 Å². The summed E-state index contributed by atoms with van der Waals surface area (Å²) in [6.45, 7) is 6.09. The Balaban J connectivity index is 0.000000479. The number of halogens is 3. The van der Waals surface area contributed by atoms with Gasteiger partial charge in [-0.25, -0.2) is 9.78 Å². The van der Waals surface area contributed by atoms with Crippen LogP contribution in [0.3, 0.4) is 0 Å². The zero-order valence-electron chi connectivity index (χ0n) is 18.0. The Kier molecular flexibility index (Phi) is 8.78. The lowest BCUT2D eigenvalue weighted by atomic mass is 10.4. The maximum atomic E-state index is 13.0. The first-order chi connectivity index (χ1) is 15.6. The SMILES string of the molecule is CC#CCn1c(N2CCNCC2)nc2nc(CNCC#N)n(C)c(=O)c21.O=C(O)C(F)(F)F. The fourth-order valence-electron chi connectivity index (χ4n) is 2.99. The van der Waals surface area contributed by atoms with Crippen LogP contribution in [0.15, 0.2) is 4.79 Å². The van der Waals surface area contributed by atoms with Crippen molar-refractivity contribution >= 4 is 23.1 Å². The summed E-state index contributed by atoms with van der Waals surface area (Å²) < 4.78 is 35.1. The van der Waals surface area contributed by atoms with Crippen LogP contribution in [0.2, 0.25) is 0 Å². The molecule has 178 valence electrons. The predicted octanol–water partition coefficient (Wildman–Crippen LogP) is -0.191.